The largest absolute Gasteiger partial charge is 1.00 e. The Morgan fingerprint density at radius 3 is 1.52 bits per heavy atom. The Balaban J connectivity index is 0. The summed E-state index contributed by atoms with van der Waals surface area (Å²) in [5, 5.41) is 17.5. The van der Waals surface area contributed by atoms with Crippen molar-refractivity contribution in [3.05, 3.63) is 54.1 Å². The summed E-state index contributed by atoms with van der Waals surface area (Å²) in [7, 11) is 0. The first-order valence-electron chi connectivity index (χ1n) is 5.28. The van der Waals surface area contributed by atoms with Crippen LogP contribution in [0.1, 0.15) is 10.4 Å². The van der Waals surface area contributed by atoms with Gasteiger partial charge in [0.15, 0.2) is 0 Å². The van der Waals surface area contributed by atoms with E-state index in [4.69, 9.17) is 26.3 Å². The third-order valence-corrected chi connectivity index (χ3v) is 2.04. The molecule has 6 nitrogen and oxygen atoms in total. The van der Waals surface area contributed by atoms with Crippen molar-refractivity contribution in [3.8, 4) is 11.5 Å². The van der Waals surface area contributed by atoms with Gasteiger partial charge in [-0.25, -0.2) is 11.9 Å². The molecular formula is C13H14ClN2NaO4. The first-order chi connectivity index (χ1) is 9.49. The first-order valence-corrected chi connectivity index (χ1v) is 5.58. The van der Waals surface area contributed by atoms with E-state index in [9.17, 15) is 4.79 Å². The molecule has 0 atom stereocenters. The van der Waals surface area contributed by atoms with Gasteiger partial charge in [0.2, 0.25) is 5.91 Å². The molecule has 2 aromatic rings. The average molecular weight is 321 g/mol. The van der Waals surface area contributed by atoms with Crippen LogP contribution in [0.5, 0.6) is 11.5 Å². The van der Waals surface area contributed by atoms with Crippen molar-refractivity contribution >= 4 is 23.5 Å². The Bertz CT molecular complexity index is 500. The fourth-order valence-corrected chi connectivity index (χ4v) is 1.10. The molecule has 21 heavy (non-hydrogen) atoms. The summed E-state index contributed by atoms with van der Waals surface area (Å²) in [6.45, 7) is 0. The number of aromatic hydroxyl groups is 2. The van der Waals surface area contributed by atoms with Crippen LogP contribution in [0.2, 0.25) is 0 Å². The second kappa shape index (κ2) is 12.3. The molecular weight excluding hydrogens is 307 g/mol. The van der Waals surface area contributed by atoms with Crippen molar-refractivity contribution in [2.75, 3.05) is 5.73 Å². The number of carbonyl (C=O) groups is 1. The number of nitrogens with two attached hydrogens (primary N) is 2. The molecule has 0 unspecified atom stereocenters. The first kappa shape index (κ1) is 21.9. The molecule has 108 valence electrons. The van der Waals surface area contributed by atoms with Crippen LogP contribution in [0, 0.1) is 0 Å². The molecule has 0 bridgehead atoms. The maximum atomic E-state index is 10.5. The van der Waals surface area contributed by atoms with E-state index in [1.807, 2.05) is 0 Å². The van der Waals surface area contributed by atoms with Crippen molar-refractivity contribution < 1.29 is 49.2 Å². The smallest absolute Gasteiger partial charge is 0.769 e. The van der Waals surface area contributed by atoms with Gasteiger partial charge in [0.05, 0.1) is 0 Å². The number of rotatable bonds is 1. The van der Waals surface area contributed by atoms with Crippen molar-refractivity contribution in [3.63, 3.8) is 0 Å². The van der Waals surface area contributed by atoms with Crippen LogP contribution in [-0.2, 0) is 0 Å². The van der Waals surface area contributed by atoms with Gasteiger partial charge < -0.3 is 26.3 Å². The van der Waals surface area contributed by atoms with Crippen LogP contribution >= 0.6 is 11.9 Å². The van der Waals surface area contributed by atoms with E-state index in [2.05, 4.69) is 11.9 Å². The molecule has 0 fully saturated rings. The van der Waals surface area contributed by atoms with E-state index in [1.165, 1.54) is 24.3 Å². The Kier molecular flexibility index (Phi) is 12.8. The normalized spacial score (nSPS) is 8.10. The summed E-state index contributed by atoms with van der Waals surface area (Å²) >= 11 is 3.39. The van der Waals surface area contributed by atoms with Crippen LogP contribution in [-0.4, -0.2) is 16.1 Å². The molecule has 0 saturated heterocycles. The molecule has 0 saturated carbocycles. The predicted octanol–water partition coefficient (Wildman–Crippen LogP) is -2.03. The fourth-order valence-electron chi connectivity index (χ4n) is 1.10. The Morgan fingerprint density at radius 2 is 1.24 bits per heavy atom. The Hall–Kier alpha value is -1.44. The molecule has 2 aromatic carbocycles. The number of benzene rings is 2. The monoisotopic (exact) mass is 320 g/mol. The van der Waals surface area contributed by atoms with Crippen molar-refractivity contribution in [1.29, 1.82) is 0 Å². The molecule has 0 heterocycles. The van der Waals surface area contributed by atoms with Gasteiger partial charge in [-0.15, -0.1) is 0 Å². The van der Waals surface area contributed by atoms with E-state index in [0.717, 1.165) is 0 Å². The SMILES string of the molecule is NC(=O)c1ccc(O)cc1.Nc1ccc(O)cc1.[Na+].[O-]Cl. The zero-order valence-electron chi connectivity index (χ0n) is 11.4. The van der Waals surface area contributed by atoms with Crippen LogP contribution in [0.4, 0.5) is 5.69 Å². The van der Waals surface area contributed by atoms with E-state index < -0.39 is 5.91 Å². The van der Waals surface area contributed by atoms with Crippen LogP contribution in [0.3, 0.4) is 0 Å². The minimum Gasteiger partial charge on any atom is -0.769 e. The number of hydrogen-bond acceptors (Lipinski definition) is 5. The van der Waals surface area contributed by atoms with E-state index in [1.54, 1.807) is 24.3 Å². The summed E-state index contributed by atoms with van der Waals surface area (Å²) in [6.07, 6.45) is 0. The molecule has 0 aliphatic rings. The maximum absolute atomic E-state index is 10.5. The third kappa shape index (κ3) is 10.0. The van der Waals surface area contributed by atoms with Crippen LogP contribution in [0.15, 0.2) is 48.5 Å². The number of amides is 1. The van der Waals surface area contributed by atoms with Gasteiger partial charge in [-0.3, -0.25) is 4.79 Å². The van der Waals surface area contributed by atoms with Crippen LogP contribution < -0.4 is 45.7 Å². The van der Waals surface area contributed by atoms with Crippen molar-refractivity contribution in [1.82, 2.24) is 0 Å². The maximum Gasteiger partial charge on any atom is 1.00 e. The zero-order chi connectivity index (χ0) is 15.5. The topological polar surface area (TPSA) is 133 Å². The summed E-state index contributed by atoms with van der Waals surface area (Å²) in [5.41, 5.74) is 11.3. The number of anilines is 1. The molecule has 8 heteroatoms. The Labute approximate surface area is 149 Å². The van der Waals surface area contributed by atoms with E-state index in [0.29, 0.717) is 11.3 Å². The summed E-state index contributed by atoms with van der Waals surface area (Å²) in [5.74, 6) is -0.107. The molecule has 6 N–H and O–H groups in total. The number of carbonyl (C=O) groups excluding carboxylic acids is 1. The number of primary amides is 1. The number of phenolic OH excluding ortho intramolecular Hbond substituents is 2. The molecule has 0 radical (unpaired) electrons. The molecule has 0 aliphatic heterocycles. The van der Waals surface area contributed by atoms with E-state index >= 15 is 0 Å². The second-order valence-corrected chi connectivity index (χ2v) is 3.50. The number of halogens is 1. The fraction of sp³-hybridized carbons (Fsp3) is 0. The van der Waals surface area contributed by atoms with Gasteiger partial charge in [-0.1, -0.05) is 0 Å². The number of hydrogen-bond donors (Lipinski definition) is 4. The minimum absolute atomic E-state index is 0. The summed E-state index contributed by atoms with van der Waals surface area (Å²) in [6, 6.07) is 12.2. The van der Waals surface area contributed by atoms with Crippen molar-refractivity contribution in [2.45, 2.75) is 0 Å². The second-order valence-electron chi connectivity index (χ2n) is 3.50. The van der Waals surface area contributed by atoms with Gasteiger partial charge >= 0.3 is 29.6 Å². The minimum atomic E-state index is -0.486. The van der Waals surface area contributed by atoms with Gasteiger partial charge in [-0.2, -0.15) is 0 Å². The summed E-state index contributed by atoms with van der Waals surface area (Å²) < 4.78 is 7.72. The number of phenols is 2. The summed E-state index contributed by atoms with van der Waals surface area (Å²) in [4.78, 5) is 10.5. The standard InChI is InChI=1S/C7H7NO2.C6H7NO.ClO.Na/c8-7(10)5-1-3-6(9)4-2-5;7-5-1-3-6(8)4-2-5;1-2;/h1-4,9H,(H2,8,10);1-4,8H,7H2;;/q;;-1;+1. The van der Waals surface area contributed by atoms with Gasteiger partial charge in [-0.05, 0) is 48.5 Å². The predicted molar refractivity (Wildman–Crippen MR) is 75.0 cm³/mol. The van der Waals surface area contributed by atoms with Crippen molar-refractivity contribution in [2.24, 2.45) is 5.73 Å². The van der Waals surface area contributed by atoms with E-state index in [-0.39, 0.29) is 41.1 Å². The molecule has 1 amide bonds. The molecule has 0 aromatic heterocycles. The molecule has 0 spiro atoms. The zero-order valence-corrected chi connectivity index (χ0v) is 14.1. The molecule has 0 aliphatic carbocycles. The third-order valence-electron chi connectivity index (χ3n) is 2.04. The molecule has 2 rings (SSSR count). The number of nitrogen functional groups attached to an aromatic ring is 1. The average Bonchev–Trinajstić information content (AvgIpc) is 2.45. The van der Waals surface area contributed by atoms with Crippen LogP contribution in [0.25, 0.3) is 0 Å². The van der Waals surface area contributed by atoms with Gasteiger partial charge in [0.25, 0.3) is 0 Å². The van der Waals surface area contributed by atoms with Gasteiger partial charge in [0.1, 0.15) is 11.5 Å². The Morgan fingerprint density at radius 1 is 0.905 bits per heavy atom. The quantitative estimate of drug-likeness (QED) is 0.273. The van der Waals surface area contributed by atoms with Gasteiger partial charge in [0, 0.05) is 11.3 Å².